The molecule has 0 bridgehead atoms. The van der Waals surface area contributed by atoms with Crippen molar-refractivity contribution in [1.29, 1.82) is 0 Å². The predicted octanol–water partition coefficient (Wildman–Crippen LogP) is 6.94. The summed E-state index contributed by atoms with van der Waals surface area (Å²) in [6, 6.07) is 0.292. The molecule has 0 aliphatic heterocycles. The van der Waals surface area contributed by atoms with Crippen LogP contribution in [0.5, 0.6) is 0 Å². The zero-order valence-corrected chi connectivity index (χ0v) is 22.5. The summed E-state index contributed by atoms with van der Waals surface area (Å²) in [5, 5.41) is 0. The third-order valence-corrected chi connectivity index (χ3v) is 5.89. The van der Waals surface area contributed by atoms with E-state index in [-0.39, 0.29) is 5.97 Å². The van der Waals surface area contributed by atoms with Gasteiger partial charge in [-0.25, -0.2) is 0 Å². The van der Waals surface area contributed by atoms with Gasteiger partial charge in [-0.1, -0.05) is 83.8 Å². The number of hydrogen-bond donors (Lipinski definition) is 0. The monoisotopic (exact) mass is 469 g/mol. The molecule has 1 atom stereocenters. The van der Waals surface area contributed by atoms with Crippen molar-refractivity contribution in [1.82, 2.24) is 4.90 Å². The van der Waals surface area contributed by atoms with Crippen LogP contribution in [0.2, 0.25) is 0 Å². The molecule has 0 aromatic heterocycles. The molecule has 0 aliphatic carbocycles. The fraction of sp³-hybridized carbons (Fsp3) is 0.893. The Morgan fingerprint density at radius 1 is 0.727 bits per heavy atom. The maximum atomic E-state index is 11.8. The van der Waals surface area contributed by atoms with E-state index in [2.05, 4.69) is 38.9 Å². The summed E-state index contributed by atoms with van der Waals surface area (Å²) < 4.78 is 17.0. The van der Waals surface area contributed by atoms with E-state index in [1.807, 2.05) is 6.08 Å². The van der Waals surface area contributed by atoms with E-state index in [1.54, 1.807) is 0 Å². The molecular weight excluding hydrogens is 414 g/mol. The summed E-state index contributed by atoms with van der Waals surface area (Å²) in [5.41, 5.74) is 0. The molecule has 33 heavy (non-hydrogen) atoms. The third kappa shape index (κ3) is 24.0. The van der Waals surface area contributed by atoms with E-state index < -0.39 is 0 Å². The number of ether oxygens (including phenoxy) is 3. The highest BCUT2D eigenvalue weighted by atomic mass is 16.5. The van der Waals surface area contributed by atoms with Crippen LogP contribution in [-0.4, -0.2) is 64.0 Å². The molecule has 0 fully saturated rings. The summed E-state index contributed by atoms with van der Waals surface area (Å²) in [7, 11) is 4.15. The predicted molar refractivity (Wildman–Crippen MR) is 140 cm³/mol. The zero-order chi connectivity index (χ0) is 24.4. The number of esters is 1. The minimum absolute atomic E-state index is 0.0936. The molecule has 0 aromatic carbocycles. The van der Waals surface area contributed by atoms with Crippen molar-refractivity contribution >= 4 is 5.97 Å². The summed E-state index contributed by atoms with van der Waals surface area (Å²) in [5.74, 6) is -0.0936. The van der Waals surface area contributed by atoms with Gasteiger partial charge < -0.3 is 19.1 Å². The Balaban J connectivity index is 3.53. The molecule has 5 heteroatoms. The van der Waals surface area contributed by atoms with Crippen LogP contribution in [0.15, 0.2) is 12.2 Å². The lowest BCUT2D eigenvalue weighted by Gasteiger charge is -2.24. The van der Waals surface area contributed by atoms with Gasteiger partial charge in [0, 0.05) is 19.6 Å². The summed E-state index contributed by atoms with van der Waals surface area (Å²) in [6.07, 6.45) is 21.4. The van der Waals surface area contributed by atoms with E-state index in [0.29, 0.717) is 25.7 Å². The van der Waals surface area contributed by atoms with Crippen LogP contribution in [0.1, 0.15) is 110 Å². The van der Waals surface area contributed by atoms with Gasteiger partial charge in [0.1, 0.15) is 6.61 Å². The SMILES string of the molecule is CCCCCCCCC=CCOC(=O)CCCCCOCC(COCCCCCC)N(C)C. The molecule has 5 nitrogen and oxygen atoms in total. The first-order valence-electron chi connectivity index (χ1n) is 13.7. The van der Waals surface area contributed by atoms with E-state index in [9.17, 15) is 4.79 Å². The Morgan fingerprint density at radius 3 is 1.88 bits per heavy atom. The largest absolute Gasteiger partial charge is 0.461 e. The lowest BCUT2D eigenvalue weighted by molar-refractivity contribution is -0.142. The molecule has 0 spiro atoms. The molecular formula is C28H55NO4. The van der Waals surface area contributed by atoms with Crippen LogP contribution in [0, 0.1) is 0 Å². The molecule has 0 saturated carbocycles. The summed E-state index contributed by atoms with van der Waals surface area (Å²) in [4.78, 5) is 14.0. The average molecular weight is 470 g/mol. The fourth-order valence-corrected chi connectivity index (χ4v) is 3.51. The second-order valence-electron chi connectivity index (χ2n) is 9.35. The molecule has 0 saturated heterocycles. The Morgan fingerprint density at radius 2 is 1.27 bits per heavy atom. The topological polar surface area (TPSA) is 48.0 Å². The molecule has 0 aliphatic rings. The lowest BCUT2D eigenvalue weighted by Crippen LogP contribution is -2.37. The van der Waals surface area contributed by atoms with Crippen LogP contribution >= 0.6 is 0 Å². The first-order chi connectivity index (χ1) is 16.1. The quantitative estimate of drug-likeness (QED) is 0.0823. The van der Waals surface area contributed by atoms with Crippen molar-refractivity contribution < 1.29 is 19.0 Å². The second kappa shape index (κ2) is 25.7. The Kier molecular flexibility index (Phi) is 25.0. The molecule has 0 rings (SSSR count). The summed E-state index contributed by atoms with van der Waals surface area (Å²) in [6.45, 7) is 7.86. The highest BCUT2D eigenvalue weighted by Crippen LogP contribution is 2.07. The maximum Gasteiger partial charge on any atom is 0.306 e. The summed E-state index contributed by atoms with van der Waals surface area (Å²) >= 11 is 0. The van der Waals surface area contributed by atoms with E-state index in [1.165, 1.54) is 57.8 Å². The molecule has 1 unspecified atom stereocenters. The number of nitrogens with zero attached hydrogens (tertiary/aromatic N) is 1. The average Bonchev–Trinajstić information content (AvgIpc) is 2.80. The van der Waals surface area contributed by atoms with E-state index in [0.717, 1.165) is 51.9 Å². The van der Waals surface area contributed by atoms with Crippen molar-refractivity contribution in [3.8, 4) is 0 Å². The lowest BCUT2D eigenvalue weighted by atomic mass is 10.1. The second-order valence-corrected chi connectivity index (χ2v) is 9.35. The Bertz CT molecular complexity index is 440. The van der Waals surface area contributed by atoms with Crippen molar-refractivity contribution in [3.05, 3.63) is 12.2 Å². The highest BCUT2D eigenvalue weighted by molar-refractivity contribution is 5.69. The Hall–Kier alpha value is -0.910. The number of rotatable bonds is 25. The van der Waals surface area contributed by atoms with Gasteiger partial charge in [0.25, 0.3) is 0 Å². The van der Waals surface area contributed by atoms with E-state index >= 15 is 0 Å². The molecule has 0 N–H and O–H groups in total. The van der Waals surface area contributed by atoms with Gasteiger partial charge in [0.15, 0.2) is 0 Å². The highest BCUT2D eigenvalue weighted by Gasteiger charge is 2.11. The van der Waals surface area contributed by atoms with Crippen LogP contribution < -0.4 is 0 Å². The smallest absolute Gasteiger partial charge is 0.306 e. The number of carbonyl (C=O) groups excluding carboxylic acids is 1. The Labute approximate surface area is 205 Å². The van der Waals surface area contributed by atoms with Gasteiger partial charge in [-0.2, -0.15) is 0 Å². The van der Waals surface area contributed by atoms with Crippen molar-refractivity contribution in [2.24, 2.45) is 0 Å². The third-order valence-electron chi connectivity index (χ3n) is 5.89. The van der Waals surface area contributed by atoms with Gasteiger partial charge in [-0.3, -0.25) is 4.79 Å². The van der Waals surface area contributed by atoms with Gasteiger partial charge in [-0.15, -0.1) is 0 Å². The van der Waals surface area contributed by atoms with E-state index in [4.69, 9.17) is 14.2 Å². The first-order valence-corrected chi connectivity index (χ1v) is 13.7. The number of carbonyl (C=O) groups is 1. The van der Waals surface area contributed by atoms with Crippen molar-refractivity contribution in [3.63, 3.8) is 0 Å². The van der Waals surface area contributed by atoms with Crippen LogP contribution in [0.4, 0.5) is 0 Å². The minimum Gasteiger partial charge on any atom is -0.461 e. The minimum atomic E-state index is -0.0936. The fourth-order valence-electron chi connectivity index (χ4n) is 3.51. The number of unbranched alkanes of at least 4 members (excludes halogenated alkanes) is 11. The van der Waals surface area contributed by atoms with Gasteiger partial charge >= 0.3 is 5.97 Å². The van der Waals surface area contributed by atoms with Gasteiger partial charge in [-0.05, 0) is 46.2 Å². The zero-order valence-electron chi connectivity index (χ0n) is 22.5. The van der Waals surface area contributed by atoms with Gasteiger partial charge in [0.2, 0.25) is 0 Å². The molecule has 0 aromatic rings. The number of hydrogen-bond acceptors (Lipinski definition) is 5. The normalized spacial score (nSPS) is 12.6. The van der Waals surface area contributed by atoms with Crippen LogP contribution in [0.25, 0.3) is 0 Å². The van der Waals surface area contributed by atoms with Crippen LogP contribution in [-0.2, 0) is 19.0 Å². The standard InChI is InChI=1S/C28H55NO4/c1-5-7-9-11-12-13-14-15-20-24-33-28(30)21-17-16-19-23-32-26-27(29(3)4)25-31-22-18-10-8-6-2/h15,20,27H,5-14,16-19,21-26H2,1-4H3. The number of allylic oxidation sites excluding steroid dienone is 1. The number of likely N-dealkylation sites (N-methyl/N-ethyl adjacent to an activating group) is 1. The van der Waals surface area contributed by atoms with Crippen molar-refractivity contribution in [2.45, 2.75) is 116 Å². The molecule has 0 amide bonds. The van der Waals surface area contributed by atoms with Gasteiger partial charge in [0.05, 0.1) is 19.3 Å². The molecule has 0 heterocycles. The van der Waals surface area contributed by atoms with Crippen molar-refractivity contribution in [2.75, 3.05) is 47.1 Å². The molecule has 196 valence electrons. The first kappa shape index (κ1) is 32.1. The molecule has 0 radical (unpaired) electrons. The van der Waals surface area contributed by atoms with Crippen LogP contribution in [0.3, 0.4) is 0 Å². The maximum absolute atomic E-state index is 11.8.